The van der Waals surface area contributed by atoms with Crippen molar-refractivity contribution >= 4 is 17.2 Å². The maximum Gasteiger partial charge on any atom is 0.162 e. The second-order valence-electron chi connectivity index (χ2n) is 4.22. The van der Waals surface area contributed by atoms with Gasteiger partial charge in [0.15, 0.2) is 12.0 Å². The van der Waals surface area contributed by atoms with E-state index in [1.54, 1.807) is 12.3 Å². The molecule has 2 heterocycles. The molecule has 0 aliphatic carbocycles. The van der Waals surface area contributed by atoms with Gasteiger partial charge in [0.25, 0.3) is 0 Å². The van der Waals surface area contributed by atoms with Gasteiger partial charge in [0.05, 0.1) is 5.69 Å². The molecule has 2 radical (unpaired) electrons. The lowest BCUT2D eigenvalue weighted by molar-refractivity contribution is 0.951. The molecule has 3 rings (SSSR count). The molecule has 0 N–H and O–H groups in total. The fraction of sp³-hybridized carbons (Fsp3) is 0.133. The Hall–Kier alpha value is -2.03. The van der Waals surface area contributed by atoms with E-state index in [1.807, 2.05) is 42.2 Å². The second kappa shape index (κ2) is 4.02. The van der Waals surface area contributed by atoms with Gasteiger partial charge >= 0.3 is 0 Å². The average molecular weight is 240 g/mol. The Morgan fingerprint density at radius 2 is 1.94 bits per heavy atom. The first-order valence-corrected chi connectivity index (χ1v) is 5.71. The number of hydrogen-bond donors (Lipinski definition) is 0. The number of pyridine rings is 1. The van der Waals surface area contributed by atoms with Crippen molar-refractivity contribution in [2.24, 2.45) is 0 Å². The van der Waals surface area contributed by atoms with E-state index in [1.165, 1.54) is 4.90 Å². The summed E-state index contributed by atoms with van der Waals surface area (Å²) in [4.78, 5) is 7.27. The first-order valence-electron chi connectivity index (χ1n) is 7.21. The largest absolute Gasteiger partial charge is 0.331 e. The van der Waals surface area contributed by atoms with Crippen LogP contribution in [0.3, 0.4) is 0 Å². The number of rotatable bonds is 1. The van der Waals surface area contributed by atoms with E-state index in [2.05, 4.69) is 11.9 Å². The van der Waals surface area contributed by atoms with Crippen LogP contribution in [0.15, 0.2) is 42.6 Å². The summed E-state index contributed by atoms with van der Waals surface area (Å²) >= 11 is 0. The number of para-hydroxylation sites is 1. The van der Waals surface area contributed by atoms with Crippen LogP contribution in [-0.4, -0.2) is 12.0 Å². The van der Waals surface area contributed by atoms with Crippen LogP contribution in [0.5, 0.6) is 0 Å². The minimum Gasteiger partial charge on any atom is -0.331 e. The molecule has 3 nitrogen and oxygen atoms in total. The number of anilines is 3. The molecule has 18 heavy (non-hydrogen) atoms. The zero-order chi connectivity index (χ0) is 15.2. The molecule has 0 atom stereocenters. The van der Waals surface area contributed by atoms with Crippen molar-refractivity contribution in [3.8, 4) is 0 Å². The van der Waals surface area contributed by atoms with Gasteiger partial charge < -0.3 is 9.80 Å². The Morgan fingerprint density at radius 1 is 1.17 bits per heavy atom. The van der Waals surface area contributed by atoms with Gasteiger partial charge in [-0.2, -0.15) is 0 Å². The second-order valence-corrected chi connectivity index (χ2v) is 4.22. The van der Waals surface area contributed by atoms with Crippen molar-refractivity contribution in [1.29, 1.82) is 0 Å². The molecule has 1 aromatic carbocycles. The topological polar surface area (TPSA) is 19.4 Å². The predicted molar refractivity (Wildman–Crippen MR) is 74.6 cm³/mol. The van der Waals surface area contributed by atoms with Crippen LogP contribution in [0, 0.1) is 20.0 Å². The quantitative estimate of drug-likeness (QED) is 0.762. The fourth-order valence-electron chi connectivity index (χ4n) is 2.18. The maximum atomic E-state index is 7.73. The Morgan fingerprint density at radius 3 is 2.72 bits per heavy atom. The van der Waals surface area contributed by atoms with Crippen molar-refractivity contribution in [3.63, 3.8) is 0 Å². The molecule has 90 valence electrons. The summed E-state index contributed by atoms with van der Waals surface area (Å²) in [6.45, 7) is 3.63. The molecule has 0 amide bonds. The SMILES string of the molecule is [2H]C([2H])([2H])N1[C]([CH2])N(c2ccccc2C)c2cccnc21. The smallest absolute Gasteiger partial charge is 0.162 e. The first kappa shape index (κ1) is 8.14. The summed E-state index contributed by atoms with van der Waals surface area (Å²) in [6, 6.07) is 11.4. The lowest BCUT2D eigenvalue weighted by Gasteiger charge is -2.26. The molecule has 0 saturated carbocycles. The highest BCUT2D eigenvalue weighted by Crippen LogP contribution is 2.45. The third-order valence-corrected chi connectivity index (χ3v) is 3.09. The maximum absolute atomic E-state index is 7.73. The molecular formula is C15H15N3. The Bertz CT molecular complexity index is 669. The number of benzene rings is 1. The average Bonchev–Trinajstić information content (AvgIpc) is 2.71. The molecule has 0 spiro atoms. The van der Waals surface area contributed by atoms with Crippen LogP contribution < -0.4 is 9.80 Å². The van der Waals surface area contributed by atoms with Crippen LogP contribution in [0.25, 0.3) is 0 Å². The molecule has 0 unspecified atom stereocenters. The molecule has 1 aromatic heterocycles. The van der Waals surface area contributed by atoms with Crippen molar-refractivity contribution in [3.05, 3.63) is 61.2 Å². The highest BCUT2D eigenvalue weighted by atomic mass is 15.4. The van der Waals surface area contributed by atoms with E-state index in [4.69, 9.17) is 4.11 Å². The normalized spacial score (nSPS) is 18.2. The van der Waals surface area contributed by atoms with Gasteiger partial charge in [0.2, 0.25) is 0 Å². The molecule has 1 aliphatic heterocycles. The van der Waals surface area contributed by atoms with Gasteiger partial charge in [0.1, 0.15) is 0 Å². The van der Waals surface area contributed by atoms with E-state index in [9.17, 15) is 0 Å². The van der Waals surface area contributed by atoms with E-state index >= 15 is 0 Å². The summed E-state index contributed by atoms with van der Waals surface area (Å²) in [6.07, 6.45) is 1.98. The third-order valence-electron chi connectivity index (χ3n) is 3.09. The summed E-state index contributed by atoms with van der Waals surface area (Å²) < 4.78 is 23.2. The number of hydrogen-bond acceptors (Lipinski definition) is 3. The van der Waals surface area contributed by atoms with Crippen LogP contribution in [-0.2, 0) is 0 Å². The minimum absolute atomic E-state index is 0.387. The molecule has 2 aromatic rings. The van der Waals surface area contributed by atoms with E-state index in [-0.39, 0.29) is 0 Å². The zero-order valence-corrected chi connectivity index (χ0v) is 10.1. The first-order chi connectivity index (χ1) is 9.91. The number of aryl methyl sites for hydroxylation is 1. The number of fused-ring (bicyclic) bond motifs is 1. The zero-order valence-electron chi connectivity index (χ0n) is 13.1. The van der Waals surface area contributed by atoms with Crippen LogP contribution in [0.1, 0.15) is 9.68 Å². The lowest BCUT2D eigenvalue weighted by atomic mass is 10.1. The summed E-state index contributed by atoms with van der Waals surface area (Å²) in [5.74, 6) is 0.408. The van der Waals surface area contributed by atoms with Gasteiger partial charge in [-0.25, -0.2) is 4.98 Å². The van der Waals surface area contributed by atoms with Crippen molar-refractivity contribution < 1.29 is 4.11 Å². The van der Waals surface area contributed by atoms with Crippen LogP contribution >= 0.6 is 0 Å². The van der Waals surface area contributed by atoms with Gasteiger partial charge in [-0.15, -0.1) is 0 Å². The van der Waals surface area contributed by atoms with Gasteiger partial charge in [-0.05, 0) is 37.6 Å². The number of aromatic nitrogens is 1. The van der Waals surface area contributed by atoms with Gasteiger partial charge in [0, 0.05) is 23.0 Å². The summed E-state index contributed by atoms with van der Waals surface area (Å²) in [7, 11) is 0. The Labute approximate surface area is 112 Å². The van der Waals surface area contributed by atoms with E-state index in [0.717, 1.165) is 16.9 Å². The lowest BCUT2D eigenvalue weighted by Crippen LogP contribution is -2.28. The Balaban J connectivity index is 2.18. The monoisotopic (exact) mass is 240 g/mol. The van der Waals surface area contributed by atoms with Crippen molar-refractivity contribution in [2.75, 3.05) is 16.8 Å². The highest BCUT2D eigenvalue weighted by molar-refractivity contribution is 5.85. The standard InChI is InChI=1S/C15H15N3/c1-11-7-4-5-8-13(11)18-12(2)17(3)15-14(18)9-6-10-16-15/h4-10H,2H2,1,3H3/i3D3. The fourth-order valence-corrected chi connectivity index (χ4v) is 2.18. The molecule has 3 heteroatoms. The number of nitrogens with zero attached hydrogens (tertiary/aromatic N) is 3. The van der Waals surface area contributed by atoms with Gasteiger partial charge in [-0.3, -0.25) is 0 Å². The molecule has 0 bridgehead atoms. The van der Waals surface area contributed by atoms with Crippen LogP contribution in [0.2, 0.25) is 0 Å². The van der Waals surface area contributed by atoms with Crippen molar-refractivity contribution in [1.82, 2.24) is 4.98 Å². The van der Waals surface area contributed by atoms with Gasteiger partial charge in [-0.1, -0.05) is 18.2 Å². The summed E-state index contributed by atoms with van der Waals surface area (Å²) in [5.41, 5.74) is 2.68. The van der Waals surface area contributed by atoms with Crippen LogP contribution in [0.4, 0.5) is 17.2 Å². The Kier molecular flexibility index (Phi) is 1.82. The highest BCUT2D eigenvalue weighted by Gasteiger charge is 2.34. The predicted octanol–water partition coefficient (Wildman–Crippen LogP) is 3.30. The molecule has 1 aliphatic rings. The van der Waals surface area contributed by atoms with Crippen molar-refractivity contribution in [2.45, 2.75) is 6.92 Å². The molecule has 0 saturated heterocycles. The molecule has 0 fully saturated rings. The van der Waals surface area contributed by atoms with E-state index < -0.39 is 6.98 Å². The third kappa shape index (κ3) is 1.47. The molecular weight excluding hydrogens is 222 g/mol. The summed E-state index contributed by atoms with van der Waals surface area (Å²) in [5, 5.41) is 0. The minimum atomic E-state index is -2.32. The van der Waals surface area contributed by atoms with E-state index in [0.29, 0.717) is 12.0 Å².